The van der Waals surface area contributed by atoms with Crippen LogP contribution < -0.4 is 0 Å². The van der Waals surface area contributed by atoms with Crippen molar-refractivity contribution < 1.29 is 5.11 Å². The lowest BCUT2D eigenvalue weighted by atomic mass is 9.94. The van der Waals surface area contributed by atoms with E-state index in [0.717, 1.165) is 19.4 Å². The molecule has 0 amide bonds. The molecule has 1 aliphatic heterocycles. The minimum Gasteiger partial charge on any atom is -0.393 e. The lowest BCUT2D eigenvalue weighted by molar-refractivity contribution is 0.0754. The first-order chi connectivity index (χ1) is 7.33. The number of aliphatic hydroxyl groups is 1. The third-order valence-electron chi connectivity index (χ3n) is 4.06. The van der Waals surface area contributed by atoms with Gasteiger partial charge in [-0.25, -0.2) is 0 Å². The zero-order valence-corrected chi connectivity index (χ0v) is 9.57. The van der Waals surface area contributed by atoms with E-state index in [4.69, 9.17) is 0 Å². The number of hydrogen-bond acceptors (Lipinski definition) is 2. The van der Waals surface area contributed by atoms with Crippen LogP contribution in [0.4, 0.5) is 0 Å². The molecule has 1 N–H and O–H groups in total. The highest BCUT2D eigenvalue weighted by Crippen LogP contribution is 2.35. The van der Waals surface area contributed by atoms with E-state index in [1.165, 1.54) is 32.2 Å². The Morgan fingerprint density at radius 2 is 2.13 bits per heavy atom. The predicted molar refractivity (Wildman–Crippen MR) is 62.8 cm³/mol. The lowest BCUT2D eigenvalue weighted by Crippen LogP contribution is -2.39. The molecule has 0 bridgehead atoms. The normalized spacial score (nSPS) is 37.3. The molecule has 15 heavy (non-hydrogen) atoms. The fourth-order valence-electron chi connectivity index (χ4n) is 3.29. The van der Waals surface area contributed by atoms with E-state index in [-0.39, 0.29) is 6.10 Å². The molecule has 0 spiro atoms. The van der Waals surface area contributed by atoms with E-state index < -0.39 is 0 Å². The molecule has 86 valence electrons. The quantitative estimate of drug-likeness (QED) is 0.717. The van der Waals surface area contributed by atoms with Crippen LogP contribution in [-0.4, -0.2) is 35.2 Å². The van der Waals surface area contributed by atoms with Crippen LogP contribution in [0.3, 0.4) is 0 Å². The van der Waals surface area contributed by atoms with Gasteiger partial charge < -0.3 is 5.11 Å². The molecule has 2 rings (SSSR count). The molecule has 2 fully saturated rings. The van der Waals surface area contributed by atoms with Gasteiger partial charge in [0.15, 0.2) is 0 Å². The van der Waals surface area contributed by atoms with Crippen molar-refractivity contribution in [2.45, 2.75) is 50.7 Å². The van der Waals surface area contributed by atoms with Gasteiger partial charge in [0.25, 0.3) is 0 Å². The van der Waals surface area contributed by atoms with Crippen molar-refractivity contribution in [3.63, 3.8) is 0 Å². The fourth-order valence-corrected chi connectivity index (χ4v) is 3.29. The molecule has 1 aliphatic carbocycles. The Labute approximate surface area is 93.0 Å². The van der Waals surface area contributed by atoms with E-state index in [9.17, 15) is 5.11 Å². The third kappa shape index (κ3) is 2.43. The highest BCUT2D eigenvalue weighted by atomic mass is 16.3. The van der Waals surface area contributed by atoms with Crippen LogP contribution in [-0.2, 0) is 0 Å². The molecule has 0 aromatic heterocycles. The minimum absolute atomic E-state index is 0.0284. The lowest BCUT2D eigenvalue weighted by Gasteiger charge is -2.30. The zero-order chi connectivity index (χ0) is 10.7. The zero-order valence-electron chi connectivity index (χ0n) is 9.57. The van der Waals surface area contributed by atoms with Crippen LogP contribution in [0.5, 0.6) is 0 Å². The molecule has 1 heterocycles. The molecular weight excluding hydrogens is 186 g/mol. The standard InChI is InChI=1S/C13H23NO/c1-2-3-9-14-10-5-7-12(14)11-6-4-8-13(11)15/h2,11-13,15H,1,3-10H2. The van der Waals surface area contributed by atoms with Gasteiger partial charge in [0, 0.05) is 18.5 Å². The summed E-state index contributed by atoms with van der Waals surface area (Å²) in [6.07, 6.45) is 9.13. The highest BCUT2D eigenvalue weighted by molar-refractivity contribution is 4.92. The molecule has 2 nitrogen and oxygen atoms in total. The van der Waals surface area contributed by atoms with Crippen molar-refractivity contribution >= 4 is 0 Å². The van der Waals surface area contributed by atoms with Crippen LogP contribution in [0.25, 0.3) is 0 Å². The Bertz CT molecular complexity index is 217. The SMILES string of the molecule is C=CCCN1CCCC1C1CCCC1O. The van der Waals surface area contributed by atoms with Gasteiger partial charge in [0.2, 0.25) is 0 Å². The van der Waals surface area contributed by atoms with E-state index in [1.807, 2.05) is 6.08 Å². The van der Waals surface area contributed by atoms with Gasteiger partial charge in [-0.3, -0.25) is 4.90 Å². The molecule has 2 heteroatoms. The average Bonchev–Trinajstić information content (AvgIpc) is 2.82. The smallest absolute Gasteiger partial charge is 0.0583 e. The summed E-state index contributed by atoms with van der Waals surface area (Å²) in [4.78, 5) is 2.57. The topological polar surface area (TPSA) is 23.5 Å². The average molecular weight is 209 g/mol. The van der Waals surface area contributed by atoms with Gasteiger partial charge in [-0.15, -0.1) is 6.58 Å². The molecule has 3 unspecified atom stereocenters. The second kappa shape index (κ2) is 5.13. The Morgan fingerprint density at radius 3 is 2.80 bits per heavy atom. The Morgan fingerprint density at radius 1 is 1.27 bits per heavy atom. The molecule has 0 aromatic rings. The molecule has 3 atom stereocenters. The maximum atomic E-state index is 9.95. The maximum absolute atomic E-state index is 9.95. The Kier molecular flexibility index (Phi) is 3.81. The van der Waals surface area contributed by atoms with Crippen molar-refractivity contribution in [2.24, 2.45) is 5.92 Å². The van der Waals surface area contributed by atoms with Gasteiger partial charge >= 0.3 is 0 Å². The molecule has 2 aliphatic rings. The van der Waals surface area contributed by atoms with E-state index in [2.05, 4.69) is 11.5 Å². The monoisotopic (exact) mass is 209 g/mol. The van der Waals surface area contributed by atoms with E-state index in [1.54, 1.807) is 0 Å². The first kappa shape index (κ1) is 11.2. The van der Waals surface area contributed by atoms with Crippen LogP contribution in [0.1, 0.15) is 38.5 Å². The molecule has 1 saturated carbocycles. The van der Waals surface area contributed by atoms with Crippen molar-refractivity contribution in [2.75, 3.05) is 13.1 Å². The van der Waals surface area contributed by atoms with Gasteiger partial charge in [0.1, 0.15) is 0 Å². The van der Waals surface area contributed by atoms with Crippen molar-refractivity contribution in [3.8, 4) is 0 Å². The van der Waals surface area contributed by atoms with Gasteiger partial charge in [-0.2, -0.15) is 0 Å². The Balaban J connectivity index is 1.91. The molecular formula is C13H23NO. The summed E-state index contributed by atoms with van der Waals surface area (Å²) in [7, 11) is 0. The number of aliphatic hydroxyl groups excluding tert-OH is 1. The van der Waals surface area contributed by atoms with Crippen LogP contribution >= 0.6 is 0 Å². The van der Waals surface area contributed by atoms with Crippen LogP contribution in [0, 0.1) is 5.92 Å². The predicted octanol–water partition coefficient (Wildman–Crippen LogP) is 2.19. The van der Waals surface area contributed by atoms with Crippen LogP contribution in [0.2, 0.25) is 0 Å². The van der Waals surface area contributed by atoms with Gasteiger partial charge in [-0.1, -0.05) is 12.5 Å². The first-order valence-corrected chi connectivity index (χ1v) is 6.36. The third-order valence-corrected chi connectivity index (χ3v) is 4.06. The van der Waals surface area contributed by atoms with Crippen LogP contribution in [0.15, 0.2) is 12.7 Å². The highest BCUT2D eigenvalue weighted by Gasteiger charge is 2.37. The second-order valence-electron chi connectivity index (χ2n) is 4.99. The number of nitrogens with zero attached hydrogens (tertiary/aromatic N) is 1. The summed E-state index contributed by atoms with van der Waals surface area (Å²) in [6.45, 7) is 6.14. The van der Waals surface area contributed by atoms with Crippen molar-refractivity contribution in [1.29, 1.82) is 0 Å². The summed E-state index contributed by atoms with van der Waals surface area (Å²) >= 11 is 0. The summed E-state index contributed by atoms with van der Waals surface area (Å²) in [5.74, 6) is 0.553. The maximum Gasteiger partial charge on any atom is 0.0583 e. The van der Waals surface area contributed by atoms with E-state index >= 15 is 0 Å². The summed E-state index contributed by atoms with van der Waals surface area (Å²) in [5.41, 5.74) is 0. The van der Waals surface area contributed by atoms with Crippen molar-refractivity contribution in [1.82, 2.24) is 4.90 Å². The fraction of sp³-hybridized carbons (Fsp3) is 0.846. The molecule has 1 saturated heterocycles. The minimum atomic E-state index is -0.0284. The van der Waals surface area contributed by atoms with E-state index in [0.29, 0.717) is 12.0 Å². The summed E-state index contributed by atoms with van der Waals surface area (Å²) in [5, 5.41) is 9.95. The first-order valence-electron chi connectivity index (χ1n) is 6.36. The number of rotatable bonds is 4. The number of likely N-dealkylation sites (tertiary alicyclic amines) is 1. The summed E-state index contributed by atoms with van der Waals surface area (Å²) in [6, 6.07) is 0.655. The largest absolute Gasteiger partial charge is 0.393 e. The number of hydrogen-bond donors (Lipinski definition) is 1. The Hall–Kier alpha value is -0.340. The summed E-state index contributed by atoms with van der Waals surface area (Å²) < 4.78 is 0. The molecule has 0 aromatic carbocycles. The van der Waals surface area contributed by atoms with Gasteiger partial charge in [-0.05, 0) is 38.6 Å². The second-order valence-corrected chi connectivity index (χ2v) is 4.99. The van der Waals surface area contributed by atoms with Gasteiger partial charge in [0.05, 0.1) is 6.10 Å². The van der Waals surface area contributed by atoms with Crippen molar-refractivity contribution in [3.05, 3.63) is 12.7 Å². The molecule has 0 radical (unpaired) electrons.